The number of nitrogens with two attached hydrogens (primary N) is 1. The van der Waals surface area contributed by atoms with E-state index in [4.69, 9.17) is 17.3 Å². The Balaban J connectivity index is 2.25. The molecule has 0 spiro atoms. The van der Waals surface area contributed by atoms with Gasteiger partial charge >= 0.3 is 0 Å². The van der Waals surface area contributed by atoms with E-state index in [0.717, 1.165) is 25.6 Å². The van der Waals surface area contributed by atoms with E-state index in [1.54, 1.807) is 0 Å². The molecule has 8 heteroatoms. The molecule has 1 atom stereocenters. The molecule has 1 aliphatic heterocycles. The molecule has 0 radical (unpaired) electrons. The standard InChI is InChI=1S/C13H19ClFN3O2S/c1-17-4-3-9(7-17)8-18(2)21(19,20)12-6-10(16)5-11(14)13(12)15/h5-6,9H,3-4,7-8,16H2,1-2H3. The molecule has 1 aliphatic rings. The molecule has 0 bridgehead atoms. The molecule has 1 aromatic rings. The second kappa shape index (κ2) is 6.08. The number of likely N-dealkylation sites (tertiary alicyclic amines) is 1. The smallest absolute Gasteiger partial charge is 0.245 e. The van der Waals surface area contributed by atoms with Crippen LogP contribution in [0.2, 0.25) is 5.02 Å². The van der Waals surface area contributed by atoms with Gasteiger partial charge < -0.3 is 10.6 Å². The maximum atomic E-state index is 14.0. The first-order valence-corrected chi connectivity index (χ1v) is 8.43. The highest BCUT2D eigenvalue weighted by Crippen LogP contribution is 2.28. The normalized spacial score (nSPS) is 20.3. The fourth-order valence-corrected chi connectivity index (χ4v) is 4.22. The molecule has 21 heavy (non-hydrogen) atoms. The van der Waals surface area contributed by atoms with Crippen LogP contribution in [-0.4, -0.2) is 51.4 Å². The van der Waals surface area contributed by atoms with Gasteiger partial charge in [0.1, 0.15) is 4.90 Å². The molecule has 2 N–H and O–H groups in total. The third-order valence-corrected chi connectivity index (χ3v) is 5.81. The fraction of sp³-hybridized carbons (Fsp3) is 0.538. The maximum absolute atomic E-state index is 14.0. The Morgan fingerprint density at radius 3 is 2.76 bits per heavy atom. The summed E-state index contributed by atoms with van der Waals surface area (Å²) in [7, 11) is -0.504. The Morgan fingerprint density at radius 1 is 1.52 bits per heavy atom. The number of anilines is 1. The zero-order chi connectivity index (χ0) is 15.8. The summed E-state index contributed by atoms with van der Waals surface area (Å²) in [5.74, 6) is -0.712. The number of nitrogens with zero attached hydrogens (tertiary/aromatic N) is 2. The van der Waals surface area contributed by atoms with E-state index in [1.165, 1.54) is 17.4 Å². The monoisotopic (exact) mass is 335 g/mol. The minimum Gasteiger partial charge on any atom is -0.399 e. The topological polar surface area (TPSA) is 66.6 Å². The summed E-state index contributed by atoms with van der Waals surface area (Å²) in [6.45, 7) is 2.12. The van der Waals surface area contributed by atoms with E-state index in [2.05, 4.69) is 4.90 Å². The second-order valence-electron chi connectivity index (χ2n) is 5.52. The van der Waals surface area contributed by atoms with E-state index < -0.39 is 20.7 Å². The highest BCUT2D eigenvalue weighted by molar-refractivity contribution is 7.89. The summed E-state index contributed by atoms with van der Waals surface area (Å²) >= 11 is 5.67. The number of sulfonamides is 1. The van der Waals surface area contributed by atoms with E-state index in [1.807, 2.05) is 7.05 Å². The molecule has 1 unspecified atom stereocenters. The molecule has 0 aliphatic carbocycles. The molecule has 118 valence electrons. The van der Waals surface area contributed by atoms with Crippen molar-refractivity contribution in [2.45, 2.75) is 11.3 Å². The predicted octanol–water partition coefficient (Wildman–Crippen LogP) is 1.63. The second-order valence-corrected chi connectivity index (χ2v) is 7.94. The van der Waals surface area contributed by atoms with Crippen molar-refractivity contribution in [3.63, 3.8) is 0 Å². The minimum atomic E-state index is -3.94. The van der Waals surface area contributed by atoms with Gasteiger partial charge in [0.05, 0.1) is 5.02 Å². The van der Waals surface area contributed by atoms with Crippen molar-refractivity contribution in [1.82, 2.24) is 9.21 Å². The van der Waals surface area contributed by atoms with Crippen LogP contribution in [0.3, 0.4) is 0 Å². The SMILES string of the molecule is CN1CCC(CN(C)S(=O)(=O)c2cc(N)cc(Cl)c2F)C1. The number of hydrogen-bond donors (Lipinski definition) is 1. The lowest BCUT2D eigenvalue weighted by molar-refractivity contribution is 0.356. The molecule has 0 amide bonds. The van der Waals surface area contributed by atoms with Gasteiger partial charge in [0, 0.05) is 25.8 Å². The third-order valence-electron chi connectivity index (χ3n) is 3.71. The van der Waals surface area contributed by atoms with Gasteiger partial charge in [-0.15, -0.1) is 0 Å². The van der Waals surface area contributed by atoms with Crippen molar-refractivity contribution >= 4 is 27.3 Å². The number of rotatable bonds is 4. The molecular formula is C13H19ClFN3O2S. The zero-order valence-corrected chi connectivity index (χ0v) is 13.6. The molecule has 1 heterocycles. The zero-order valence-electron chi connectivity index (χ0n) is 12.0. The van der Waals surface area contributed by atoms with Crippen LogP contribution in [0, 0.1) is 11.7 Å². The molecular weight excluding hydrogens is 317 g/mol. The number of halogens is 2. The summed E-state index contributed by atoms with van der Waals surface area (Å²) in [6.07, 6.45) is 0.927. The van der Waals surface area contributed by atoms with Crippen molar-refractivity contribution in [3.8, 4) is 0 Å². The van der Waals surface area contributed by atoms with Crippen molar-refractivity contribution in [2.24, 2.45) is 5.92 Å². The highest BCUT2D eigenvalue weighted by Gasteiger charge is 2.30. The molecule has 1 saturated heterocycles. The van der Waals surface area contributed by atoms with E-state index in [9.17, 15) is 12.8 Å². The number of nitrogen functional groups attached to an aromatic ring is 1. The number of benzene rings is 1. The summed E-state index contributed by atoms with van der Waals surface area (Å²) < 4.78 is 40.2. The number of hydrogen-bond acceptors (Lipinski definition) is 4. The molecule has 0 saturated carbocycles. The summed E-state index contributed by atoms with van der Waals surface area (Å²) in [5.41, 5.74) is 5.69. The van der Waals surface area contributed by atoms with Crippen molar-refractivity contribution in [3.05, 3.63) is 23.0 Å². The van der Waals surface area contributed by atoms with E-state index in [0.29, 0.717) is 6.54 Å². The molecule has 1 fully saturated rings. The van der Waals surface area contributed by atoms with Gasteiger partial charge in [-0.2, -0.15) is 0 Å². The van der Waals surface area contributed by atoms with Crippen molar-refractivity contribution in [2.75, 3.05) is 39.5 Å². The van der Waals surface area contributed by atoms with Crippen LogP contribution in [0.25, 0.3) is 0 Å². The summed E-state index contributed by atoms with van der Waals surface area (Å²) in [6, 6.07) is 2.30. The first kappa shape index (κ1) is 16.5. The quantitative estimate of drug-likeness (QED) is 0.849. The van der Waals surface area contributed by atoms with Gasteiger partial charge in [0.15, 0.2) is 5.82 Å². The fourth-order valence-electron chi connectivity index (χ4n) is 2.58. The lowest BCUT2D eigenvalue weighted by Crippen LogP contribution is -2.33. The summed E-state index contributed by atoms with van der Waals surface area (Å²) in [5, 5.41) is -0.289. The highest BCUT2D eigenvalue weighted by atomic mass is 35.5. The largest absolute Gasteiger partial charge is 0.399 e. The van der Waals surface area contributed by atoms with Crippen molar-refractivity contribution in [1.29, 1.82) is 0 Å². The Labute approximate surface area is 129 Å². The van der Waals surface area contributed by atoms with Crippen LogP contribution in [0.15, 0.2) is 17.0 Å². The van der Waals surface area contributed by atoms with Gasteiger partial charge in [-0.3, -0.25) is 0 Å². The molecule has 5 nitrogen and oxygen atoms in total. The van der Waals surface area contributed by atoms with Gasteiger partial charge in [0.25, 0.3) is 0 Å². The van der Waals surface area contributed by atoms with Crippen LogP contribution in [-0.2, 0) is 10.0 Å². The predicted molar refractivity (Wildman–Crippen MR) is 81.2 cm³/mol. The Morgan fingerprint density at radius 2 is 2.19 bits per heavy atom. The summed E-state index contributed by atoms with van der Waals surface area (Å²) in [4.78, 5) is 1.67. The third kappa shape index (κ3) is 3.48. The first-order chi connectivity index (χ1) is 9.71. The molecule has 1 aromatic carbocycles. The van der Waals surface area contributed by atoms with Gasteiger partial charge in [-0.25, -0.2) is 17.1 Å². The van der Waals surface area contributed by atoms with Gasteiger partial charge in [-0.05, 0) is 38.1 Å². The Kier molecular flexibility index (Phi) is 4.77. The average Bonchev–Trinajstić information content (AvgIpc) is 2.79. The Bertz CT molecular complexity index is 639. The lowest BCUT2D eigenvalue weighted by Gasteiger charge is -2.21. The Hall–Kier alpha value is -0.890. The van der Waals surface area contributed by atoms with Gasteiger partial charge in [0.2, 0.25) is 10.0 Å². The van der Waals surface area contributed by atoms with E-state index in [-0.39, 0.29) is 16.6 Å². The molecule has 0 aromatic heterocycles. The van der Waals surface area contributed by atoms with Crippen molar-refractivity contribution < 1.29 is 12.8 Å². The first-order valence-electron chi connectivity index (χ1n) is 6.61. The van der Waals surface area contributed by atoms with E-state index >= 15 is 0 Å². The molecule has 2 rings (SSSR count). The van der Waals surface area contributed by atoms with Gasteiger partial charge in [-0.1, -0.05) is 11.6 Å². The lowest BCUT2D eigenvalue weighted by atomic mass is 10.1. The van der Waals surface area contributed by atoms with Crippen LogP contribution >= 0.6 is 11.6 Å². The average molecular weight is 336 g/mol. The van der Waals surface area contributed by atoms with Crippen LogP contribution in [0.1, 0.15) is 6.42 Å². The van der Waals surface area contributed by atoms with Crippen LogP contribution in [0.4, 0.5) is 10.1 Å². The minimum absolute atomic E-state index is 0.119. The van der Waals surface area contributed by atoms with Crippen LogP contribution < -0.4 is 5.73 Å². The maximum Gasteiger partial charge on any atom is 0.245 e. The van der Waals surface area contributed by atoms with Crippen LogP contribution in [0.5, 0.6) is 0 Å².